The van der Waals surface area contributed by atoms with Gasteiger partial charge < -0.3 is 16.4 Å². The smallest absolute Gasteiger partial charge is 0.241 e. The molecule has 0 bridgehead atoms. The molecule has 20 heavy (non-hydrogen) atoms. The Morgan fingerprint density at radius 2 is 1.95 bits per heavy atom. The van der Waals surface area contributed by atoms with Crippen LogP contribution in [0.3, 0.4) is 0 Å². The molecular formula is C16H23N3O. The number of para-hydroxylation sites is 2. The molecule has 3 atom stereocenters. The molecule has 3 rings (SSSR count). The van der Waals surface area contributed by atoms with Crippen molar-refractivity contribution in [3.63, 3.8) is 0 Å². The van der Waals surface area contributed by atoms with Gasteiger partial charge >= 0.3 is 0 Å². The van der Waals surface area contributed by atoms with Crippen molar-refractivity contribution >= 4 is 17.3 Å². The largest absolute Gasteiger partial charge is 0.397 e. The Hall–Kier alpha value is -1.55. The maximum Gasteiger partial charge on any atom is 0.241 e. The molecule has 0 spiro atoms. The molecular weight excluding hydrogens is 250 g/mol. The third-order valence-corrected chi connectivity index (χ3v) is 4.69. The summed E-state index contributed by atoms with van der Waals surface area (Å²) in [6, 6.07) is 7.87. The summed E-state index contributed by atoms with van der Waals surface area (Å²) in [5.41, 5.74) is 7.20. The second kappa shape index (κ2) is 5.83. The highest BCUT2D eigenvalue weighted by Gasteiger charge is 2.34. The second-order valence-corrected chi connectivity index (χ2v) is 6.02. The molecule has 0 radical (unpaired) electrons. The fourth-order valence-electron chi connectivity index (χ4n) is 3.53. The van der Waals surface area contributed by atoms with E-state index in [1.807, 2.05) is 18.2 Å². The summed E-state index contributed by atoms with van der Waals surface area (Å²) in [6.07, 6.45) is 7.26. The molecule has 4 nitrogen and oxygen atoms in total. The fraction of sp³-hybridized carbons (Fsp3) is 0.562. The summed E-state index contributed by atoms with van der Waals surface area (Å²) >= 11 is 0. The van der Waals surface area contributed by atoms with Crippen LogP contribution in [-0.4, -0.2) is 18.0 Å². The number of benzene rings is 1. The van der Waals surface area contributed by atoms with Gasteiger partial charge in [0.15, 0.2) is 0 Å². The minimum atomic E-state index is -0.0750. The monoisotopic (exact) mass is 273 g/mol. The van der Waals surface area contributed by atoms with Crippen molar-refractivity contribution in [3.8, 4) is 0 Å². The average molecular weight is 273 g/mol. The van der Waals surface area contributed by atoms with Crippen LogP contribution in [0.1, 0.15) is 38.5 Å². The molecule has 0 aromatic heterocycles. The van der Waals surface area contributed by atoms with Crippen molar-refractivity contribution in [2.75, 3.05) is 11.1 Å². The van der Waals surface area contributed by atoms with Gasteiger partial charge in [-0.1, -0.05) is 25.0 Å². The van der Waals surface area contributed by atoms with Crippen molar-refractivity contribution in [3.05, 3.63) is 24.3 Å². The van der Waals surface area contributed by atoms with Crippen LogP contribution < -0.4 is 16.4 Å². The highest BCUT2D eigenvalue weighted by Crippen LogP contribution is 2.32. The number of fused-ring (bicyclic) bond motifs is 1. The minimum absolute atomic E-state index is 0.0481. The van der Waals surface area contributed by atoms with Crippen LogP contribution in [-0.2, 0) is 4.79 Å². The van der Waals surface area contributed by atoms with Gasteiger partial charge in [-0.3, -0.25) is 4.79 Å². The van der Waals surface area contributed by atoms with E-state index in [-0.39, 0.29) is 11.9 Å². The van der Waals surface area contributed by atoms with Crippen LogP contribution in [0.4, 0.5) is 11.4 Å². The molecule has 2 aliphatic rings. The summed E-state index contributed by atoms with van der Waals surface area (Å²) < 4.78 is 0. The topological polar surface area (TPSA) is 67.1 Å². The molecule has 108 valence electrons. The standard InChI is InChI=1S/C16H23N3O/c17-12-6-2-4-8-14(12)19-16(20)15-10-9-11-5-1-3-7-13(11)18-15/h2,4,6,8,11,13,15,18H,1,3,5,7,9-10,17H2,(H,19,20)/t11-,13+,15-/m1/s1. The molecule has 1 amide bonds. The number of rotatable bonds is 2. The van der Waals surface area contributed by atoms with Crippen LogP contribution in [0.15, 0.2) is 24.3 Å². The molecule has 4 N–H and O–H groups in total. The van der Waals surface area contributed by atoms with Gasteiger partial charge in [-0.05, 0) is 43.7 Å². The van der Waals surface area contributed by atoms with Gasteiger partial charge in [-0.2, -0.15) is 0 Å². The number of anilines is 2. The molecule has 1 aliphatic heterocycles. The first kappa shape index (κ1) is 13.4. The van der Waals surface area contributed by atoms with E-state index < -0.39 is 0 Å². The average Bonchev–Trinajstić information content (AvgIpc) is 2.49. The van der Waals surface area contributed by atoms with E-state index in [2.05, 4.69) is 10.6 Å². The molecule has 1 aromatic carbocycles. The van der Waals surface area contributed by atoms with Gasteiger partial charge in [-0.25, -0.2) is 0 Å². The van der Waals surface area contributed by atoms with Crippen LogP contribution in [0.25, 0.3) is 0 Å². The molecule has 2 fully saturated rings. The number of carbonyl (C=O) groups excluding carboxylic acids is 1. The number of nitrogen functional groups attached to an aromatic ring is 1. The highest BCUT2D eigenvalue weighted by molar-refractivity contribution is 5.97. The Kier molecular flexibility index (Phi) is 3.92. The molecule has 1 heterocycles. The predicted molar refractivity (Wildman–Crippen MR) is 81.4 cm³/mol. The summed E-state index contributed by atoms with van der Waals surface area (Å²) in [7, 11) is 0. The normalized spacial score (nSPS) is 29.5. The maximum absolute atomic E-state index is 12.4. The first-order valence-electron chi connectivity index (χ1n) is 7.65. The summed E-state index contributed by atoms with van der Waals surface area (Å²) in [4.78, 5) is 12.4. The van der Waals surface area contributed by atoms with Crippen LogP contribution in [0.5, 0.6) is 0 Å². The Balaban J connectivity index is 1.62. The van der Waals surface area contributed by atoms with Crippen molar-refractivity contribution in [2.24, 2.45) is 5.92 Å². The highest BCUT2D eigenvalue weighted by atomic mass is 16.2. The van der Waals surface area contributed by atoms with Gasteiger partial charge in [0.2, 0.25) is 5.91 Å². The van der Waals surface area contributed by atoms with Gasteiger partial charge in [0.05, 0.1) is 17.4 Å². The molecule has 0 unspecified atom stereocenters. The van der Waals surface area contributed by atoms with Crippen molar-refractivity contribution in [1.29, 1.82) is 0 Å². The van der Waals surface area contributed by atoms with Crippen molar-refractivity contribution in [2.45, 2.75) is 50.6 Å². The molecule has 1 saturated heterocycles. The maximum atomic E-state index is 12.4. The number of hydrogen-bond acceptors (Lipinski definition) is 3. The third kappa shape index (κ3) is 2.80. The van der Waals surface area contributed by atoms with Gasteiger partial charge in [0.25, 0.3) is 0 Å². The zero-order valence-corrected chi connectivity index (χ0v) is 11.8. The second-order valence-electron chi connectivity index (χ2n) is 6.02. The lowest BCUT2D eigenvalue weighted by molar-refractivity contribution is -0.119. The lowest BCUT2D eigenvalue weighted by Crippen LogP contribution is -2.53. The first-order chi connectivity index (χ1) is 9.74. The number of amides is 1. The van der Waals surface area contributed by atoms with E-state index in [1.54, 1.807) is 6.07 Å². The lowest BCUT2D eigenvalue weighted by atomic mass is 9.77. The number of hydrogen-bond donors (Lipinski definition) is 3. The van der Waals surface area contributed by atoms with E-state index >= 15 is 0 Å². The van der Waals surface area contributed by atoms with Crippen LogP contribution in [0, 0.1) is 5.92 Å². The van der Waals surface area contributed by atoms with E-state index in [9.17, 15) is 4.79 Å². The zero-order valence-electron chi connectivity index (χ0n) is 11.8. The predicted octanol–water partition coefficient (Wildman–Crippen LogP) is 2.52. The quantitative estimate of drug-likeness (QED) is 0.725. The Bertz CT molecular complexity index is 488. The molecule has 1 saturated carbocycles. The molecule has 1 aromatic rings. The Morgan fingerprint density at radius 3 is 2.80 bits per heavy atom. The number of carbonyl (C=O) groups is 1. The van der Waals surface area contributed by atoms with Gasteiger partial charge in [-0.15, -0.1) is 0 Å². The fourth-order valence-corrected chi connectivity index (χ4v) is 3.53. The Labute approximate surface area is 120 Å². The van der Waals surface area contributed by atoms with Crippen molar-refractivity contribution in [1.82, 2.24) is 5.32 Å². The van der Waals surface area contributed by atoms with Gasteiger partial charge in [0.1, 0.15) is 0 Å². The van der Waals surface area contributed by atoms with E-state index in [0.717, 1.165) is 12.3 Å². The summed E-state index contributed by atoms with van der Waals surface area (Å²) in [5.74, 6) is 0.821. The number of piperidine rings is 1. The number of nitrogens with one attached hydrogen (secondary N) is 2. The van der Waals surface area contributed by atoms with E-state index in [0.29, 0.717) is 17.4 Å². The number of nitrogens with two attached hydrogens (primary N) is 1. The van der Waals surface area contributed by atoms with E-state index in [1.165, 1.54) is 32.1 Å². The molecule has 1 aliphatic carbocycles. The minimum Gasteiger partial charge on any atom is -0.397 e. The van der Waals surface area contributed by atoms with Crippen molar-refractivity contribution < 1.29 is 4.79 Å². The zero-order chi connectivity index (χ0) is 13.9. The van der Waals surface area contributed by atoms with Crippen LogP contribution >= 0.6 is 0 Å². The molecule has 4 heteroatoms. The first-order valence-corrected chi connectivity index (χ1v) is 7.65. The summed E-state index contributed by atoms with van der Waals surface area (Å²) in [5, 5.41) is 6.49. The third-order valence-electron chi connectivity index (χ3n) is 4.69. The van der Waals surface area contributed by atoms with E-state index in [4.69, 9.17) is 5.73 Å². The summed E-state index contributed by atoms with van der Waals surface area (Å²) in [6.45, 7) is 0. The lowest BCUT2D eigenvalue weighted by Gasteiger charge is -2.39. The van der Waals surface area contributed by atoms with Crippen LogP contribution in [0.2, 0.25) is 0 Å². The van der Waals surface area contributed by atoms with Gasteiger partial charge in [0, 0.05) is 6.04 Å². The Morgan fingerprint density at radius 1 is 1.15 bits per heavy atom. The SMILES string of the molecule is Nc1ccccc1NC(=O)[C@H]1CC[C@H]2CCCC[C@@H]2N1.